The Balaban J connectivity index is -0.0000000500. The minimum absolute atomic E-state index is 0. The molecule has 0 fully saturated rings. The first kappa shape index (κ1) is 39.8. The molecule has 0 aliphatic rings. The van der Waals surface area contributed by atoms with E-state index in [2.05, 4.69) is 0 Å². The van der Waals surface area contributed by atoms with Crippen molar-refractivity contribution in [3.63, 3.8) is 0 Å². The predicted molar refractivity (Wildman–Crippen MR) is 90.2 cm³/mol. The molecular weight excluding hydrogens is 438 g/mol. The zero-order valence-corrected chi connectivity index (χ0v) is 17.8. The molecule has 2 radical (unpaired) electrons. The van der Waals surface area contributed by atoms with Crippen LogP contribution in [-0.4, -0.2) is 44.3 Å². The standard InChI is InChI=1S/4C4H8O2.2Co/c4*1-2-3-4(5)6;;/h4*2-3H2,1H3,(H,5,6);;. The van der Waals surface area contributed by atoms with Crippen molar-refractivity contribution in [3.05, 3.63) is 0 Å². The van der Waals surface area contributed by atoms with Gasteiger partial charge < -0.3 is 20.4 Å². The minimum Gasteiger partial charge on any atom is -0.481 e. The van der Waals surface area contributed by atoms with Crippen LogP contribution in [0.5, 0.6) is 0 Å². The second-order valence-corrected chi connectivity index (χ2v) is 4.57. The van der Waals surface area contributed by atoms with E-state index in [4.69, 9.17) is 20.4 Å². The number of carbonyl (C=O) groups is 4. The van der Waals surface area contributed by atoms with E-state index in [0.29, 0.717) is 25.7 Å². The molecule has 0 unspecified atom stereocenters. The fraction of sp³-hybridized carbons (Fsp3) is 0.750. The predicted octanol–water partition coefficient (Wildman–Crippen LogP) is 3.48. The molecule has 10 heteroatoms. The zero-order chi connectivity index (χ0) is 20.0. The average molecular weight is 470 g/mol. The van der Waals surface area contributed by atoms with Crippen molar-refractivity contribution in [3.8, 4) is 0 Å². The van der Waals surface area contributed by atoms with E-state index in [9.17, 15) is 19.2 Å². The summed E-state index contributed by atoms with van der Waals surface area (Å²) in [7, 11) is 0. The second kappa shape index (κ2) is 35.1. The molecule has 0 saturated carbocycles. The summed E-state index contributed by atoms with van der Waals surface area (Å²) in [6.07, 6.45) is 4.09. The van der Waals surface area contributed by atoms with Crippen LogP contribution in [0, 0.1) is 0 Å². The van der Waals surface area contributed by atoms with Gasteiger partial charge in [-0.05, 0) is 25.7 Å². The van der Waals surface area contributed by atoms with Crippen LogP contribution in [0.3, 0.4) is 0 Å². The van der Waals surface area contributed by atoms with Gasteiger partial charge in [0, 0.05) is 59.2 Å². The third-order valence-corrected chi connectivity index (χ3v) is 1.86. The third kappa shape index (κ3) is 92.5. The largest absolute Gasteiger partial charge is 0.481 e. The topological polar surface area (TPSA) is 149 Å². The maximum atomic E-state index is 9.60. The average Bonchev–Trinajstić information content (AvgIpc) is 2.39. The maximum absolute atomic E-state index is 9.60. The van der Waals surface area contributed by atoms with Crippen LogP contribution in [0.4, 0.5) is 0 Å². The van der Waals surface area contributed by atoms with Gasteiger partial charge in [-0.2, -0.15) is 0 Å². The Kier molecular flexibility index (Phi) is 53.7. The van der Waals surface area contributed by atoms with Crippen LogP contribution in [0.25, 0.3) is 0 Å². The van der Waals surface area contributed by atoms with Gasteiger partial charge in [0.1, 0.15) is 0 Å². The van der Waals surface area contributed by atoms with E-state index in [1.807, 2.05) is 27.7 Å². The number of rotatable bonds is 8. The summed E-state index contributed by atoms with van der Waals surface area (Å²) in [6.45, 7) is 7.37. The molecular formula is C16H32Co2O8. The smallest absolute Gasteiger partial charge is 0.303 e. The fourth-order valence-corrected chi connectivity index (χ4v) is 0.855. The molecule has 0 aromatic carbocycles. The molecule has 8 nitrogen and oxygen atoms in total. The van der Waals surface area contributed by atoms with Crippen molar-refractivity contribution in [1.29, 1.82) is 0 Å². The number of carboxylic acids is 4. The molecule has 4 N–H and O–H groups in total. The zero-order valence-electron chi connectivity index (χ0n) is 15.7. The Morgan fingerprint density at radius 1 is 0.462 bits per heavy atom. The molecule has 0 aromatic rings. The fourth-order valence-electron chi connectivity index (χ4n) is 0.855. The van der Waals surface area contributed by atoms with E-state index in [1.165, 1.54) is 0 Å². The van der Waals surface area contributed by atoms with Crippen LogP contribution < -0.4 is 0 Å². The number of hydrogen-bond donors (Lipinski definition) is 4. The van der Waals surface area contributed by atoms with Crippen LogP contribution in [0.2, 0.25) is 0 Å². The Bertz CT molecular complexity index is 272. The molecule has 0 atom stereocenters. The molecule has 0 aliphatic heterocycles. The number of hydrogen-bond acceptors (Lipinski definition) is 4. The Labute approximate surface area is 176 Å². The Morgan fingerprint density at radius 2 is 0.577 bits per heavy atom. The van der Waals surface area contributed by atoms with E-state index in [-0.39, 0.29) is 33.6 Å². The molecule has 0 heterocycles. The van der Waals surface area contributed by atoms with Gasteiger partial charge >= 0.3 is 23.9 Å². The summed E-state index contributed by atoms with van der Waals surface area (Å²) in [5, 5.41) is 31.7. The van der Waals surface area contributed by atoms with Gasteiger partial charge in [0.05, 0.1) is 0 Å². The Morgan fingerprint density at radius 3 is 0.577 bits per heavy atom. The molecule has 0 amide bonds. The van der Waals surface area contributed by atoms with Crippen molar-refractivity contribution in [2.45, 2.75) is 79.1 Å². The normalized spacial score (nSPS) is 7.54. The van der Waals surface area contributed by atoms with Crippen molar-refractivity contribution in [2.75, 3.05) is 0 Å². The second-order valence-electron chi connectivity index (χ2n) is 4.57. The molecule has 0 aromatic heterocycles. The third-order valence-electron chi connectivity index (χ3n) is 1.86. The molecule has 0 saturated heterocycles. The Hall–Kier alpha value is -1.11. The van der Waals surface area contributed by atoms with E-state index in [0.717, 1.165) is 25.7 Å². The first-order valence-corrected chi connectivity index (χ1v) is 7.95. The van der Waals surface area contributed by atoms with Gasteiger partial charge in [-0.25, -0.2) is 0 Å². The van der Waals surface area contributed by atoms with E-state index in [1.54, 1.807) is 0 Å². The minimum atomic E-state index is -0.711. The number of aliphatic carboxylic acids is 4. The first-order valence-electron chi connectivity index (χ1n) is 7.95. The van der Waals surface area contributed by atoms with Crippen molar-refractivity contribution in [2.24, 2.45) is 0 Å². The SMILES string of the molecule is CCCC(=O)O.CCCC(=O)O.CCCC(=O)O.CCCC(=O)O.[Co].[Co]. The van der Waals surface area contributed by atoms with Crippen LogP contribution in [0.15, 0.2) is 0 Å². The number of carboxylic acid groups (broad SMARTS) is 4. The van der Waals surface area contributed by atoms with Crippen LogP contribution in [0.1, 0.15) is 79.1 Å². The molecule has 26 heavy (non-hydrogen) atoms. The van der Waals surface area contributed by atoms with Crippen molar-refractivity contribution in [1.82, 2.24) is 0 Å². The summed E-state index contributed by atoms with van der Waals surface area (Å²) < 4.78 is 0. The quantitative estimate of drug-likeness (QED) is 0.421. The van der Waals surface area contributed by atoms with E-state index >= 15 is 0 Å². The summed E-state index contributed by atoms with van der Waals surface area (Å²) in [6, 6.07) is 0. The molecule has 0 bridgehead atoms. The first-order chi connectivity index (χ1) is 11.1. The summed E-state index contributed by atoms with van der Waals surface area (Å²) in [5.74, 6) is -2.84. The molecule has 0 spiro atoms. The van der Waals surface area contributed by atoms with Gasteiger partial charge in [0.15, 0.2) is 0 Å². The van der Waals surface area contributed by atoms with Crippen molar-refractivity contribution < 1.29 is 73.2 Å². The van der Waals surface area contributed by atoms with Gasteiger partial charge in [-0.15, -0.1) is 0 Å². The maximum Gasteiger partial charge on any atom is 0.303 e. The van der Waals surface area contributed by atoms with Crippen LogP contribution in [-0.2, 0) is 52.7 Å². The molecule has 162 valence electrons. The molecule has 0 aliphatic carbocycles. The monoisotopic (exact) mass is 470 g/mol. The van der Waals surface area contributed by atoms with E-state index < -0.39 is 23.9 Å². The van der Waals surface area contributed by atoms with Crippen molar-refractivity contribution >= 4 is 23.9 Å². The summed E-state index contributed by atoms with van der Waals surface area (Å²) >= 11 is 0. The van der Waals surface area contributed by atoms with Gasteiger partial charge in [0.2, 0.25) is 0 Å². The summed E-state index contributed by atoms with van der Waals surface area (Å²) in [5.41, 5.74) is 0. The summed E-state index contributed by atoms with van der Waals surface area (Å²) in [4.78, 5) is 38.4. The molecule has 0 rings (SSSR count). The van der Waals surface area contributed by atoms with Gasteiger partial charge in [-0.1, -0.05) is 27.7 Å². The van der Waals surface area contributed by atoms with Crippen LogP contribution >= 0.6 is 0 Å². The van der Waals surface area contributed by atoms with Gasteiger partial charge in [-0.3, -0.25) is 19.2 Å². The van der Waals surface area contributed by atoms with Gasteiger partial charge in [0.25, 0.3) is 0 Å².